The molecule has 0 bridgehead atoms. The third-order valence-electron chi connectivity index (χ3n) is 7.57. The number of hydrogen-bond acceptors (Lipinski definition) is 2. The Morgan fingerprint density at radius 3 is 2.36 bits per heavy atom. The summed E-state index contributed by atoms with van der Waals surface area (Å²) in [5, 5.41) is 1.21. The predicted octanol–water partition coefficient (Wildman–Crippen LogP) is 8.59. The van der Waals surface area contributed by atoms with E-state index in [-0.39, 0.29) is 0 Å². The molecular weight excluding hydrogens is 476 g/mol. The van der Waals surface area contributed by atoms with Crippen molar-refractivity contribution in [3.05, 3.63) is 133 Å². The van der Waals surface area contributed by atoms with Crippen molar-refractivity contribution in [1.29, 1.82) is 0 Å². The van der Waals surface area contributed by atoms with Gasteiger partial charge in [0, 0.05) is 27.9 Å². The van der Waals surface area contributed by atoms with Crippen LogP contribution in [0.3, 0.4) is 0 Å². The maximum atomic E-state index is 5.18. The highest BCUT2D eigenvalue weighted by atomic mass is 15.1. The van der Waals surface area contributed by atoms with Crippen LogP contribution < -0.4 is 0 Å². The first-order valence-corrected chi connectivity index (χ1v) is 13.4. The van der Waals surface area contributed by atoms with Crippen LogP contribution >= 0.6 is 0 Å². The second-order valence-corrected chi connectivity index (χ2v) is 9.91. The summed E-state index contributed by atoms with van der Waals surface area (Å²) in [5.41, 5.74) is 11.2. The molecule has 0 atom stereocenters. The summed E-state index contributed by atoms with van der Waals surface area (Å²) in [5.74, 6) is 0.955. The van der Waals surface area contributed by atoms with Gasteiger partial charge in [-0.05, 0) is 61.7 Å². The average Bonchev–Trinajstić information content (AvgIpc) is 3.51. The molecule has 0 N–H and O–H groups in total. The normalized spacial score (nSPS) is 11.5. The molecule has 0 fully saturated rings. The van der Waals surface area contributed by atoms with E-state index in [0.29, 0.717) is 0 Å². The quantitative estimate of drug-likeness (QED) is 0.213. The average molecular weight is 505 g/mol. The van der Waals surface area contributed by atoms with E-state index in [0.717, 1.165) is 57.7 Å². The third kappa shape index (κ3) is 3.76. The SMILES string of the molecule is C=CCCc1nc(-c2cccc(-c3c4ccccc4n4c3cnc3ccccc34)c2)n(-c2ccccc2)c1C. The van der Waals surface area contributed by atoms with Crippen molar-refractivity contribution in [3.63, 3.8) is 0 Å². The van der Waals surface area contributed by atoms with Crippen molar-refractivity contribution in [2.75, 3.05) is 0 Å². The van der Waals surface area contributed by atoms with Gasteiger partial charge in [0.2, 0.25) is 0 Å². The number of aromatic nitrogens is 4. The molecule has 7 rings (SSSR count). The fourth-order valence-electron chi connectivity index (χ4n) is 5.76. The van der Waals surface area contributed by atoms with Gasteiger partial charge in [0.25, 0.3) is 0 Å². The van der Waals surface area contributed by atoms with Gasteiger partial charge >= 0.3 is 0 Å². The summed E-state index contributed by atoms with van der Waals surface area (Å²) in [6.07, 6.45) is 5.74. The zero-order valence-corrected chi connectivity index (χ0v) is 21.9. The maximum absolute atomic E-state index is 5.18. The van der Waals surface area contributed by atoms with Crippen LogP contribution in [0, 0.1) is 6.92 Å². The Hall–Kier alpha value is -4.96. The Labute approximate surface area is 227 Å². The lowest BCUT2D eigenvalue weighted by molar-refractivity contribution is 0.934. The fraction of sp³-hybridized carbons (Fsp3) is 0.0857. The Kier molecular flexibility index (Phi) is 5.59. The number of nitrogens with zero attached hydrogens (tertiary/aromatic N) is 4. The molecule has 0 radical (unpaired) electrons. The molecule has 4 aromatic carbocycles. The molecule has 0 aliphatic heterocycles. The minimum Gasteiger partial charge on any atom is -0.306 e. The minimum absolute atomic E-state index is 0.870. The fourth-order valence-corrected chi connectivity index (χ4v) is 5.76. The van der Waals surface area contributed by atoms with Gasteiger partial charge in [-0.1, -0.05) is 72.8 Å². The smallest absolute Gasteiger partial charge is 0.145 e. The zero-order chi connectivity index (χ0) is 26.3. The highest BCUT2D eigenvalue weighted by Gasteiger charge is 2.19. The van der Waals surface area contributed by atoms with Gasteiger partial charge in [0.05, 0.1) is 34.0 Å². The van der Waals surface area contributed by atoms with E-state index in [4.69, 9.17) is 9.97 Å². The van der Waals surface area contributed by atoms with Gasteiger partial charge in [-0.15, -0.1) is 6.58 Å². The summed E-state index contributed by atoms with van der Waals surface area (Å²) < 4.78 is 4.62. The number of benzene rings is 4. The van der Waals surface area contributed by atoms with E-state index < -0.39 is 0 Å². The van der Waals surface area contributed by atoms with Gasteiger partial charge in [0.15, 0.2) is 0 Å². The van der Waals surface area contributed by atoms with Crippen molar-refractivity contribution in [2.24, 2.45) is 0 Å². The number of rotatable bonds is 6. The van der Waals surface area contributed by atoms with Gasteiger partial charge < -0.3 is 4.40 Å². The first-order valence-electron chi connectivity index (χ1n) is 13.4. The van der Waals surface area contributed by atoms with Gasteiger partial charge in [-0.2, -0.15) is 0 Å². The lowest BCUT2D eigenvalue weighted by atomic mass is 10.0. The van der Waals surface area contributed by atoms with Crippen molar-refractivity contribution in [1.82, 2.24) is 18.9 Å². The highest BCUT2D eigenvalue weighted by molar-refractivity contribution is 6.08. The third-order valence-corrected chi connectivity index (χ3v) is 7.57. The molecule has 0 spiro atoms. The number of aryl methyl sites for hydroxylation is 1. The van der Waals surface area contributed by atoms with E-state index in [2.05, 4.69) is 120 Å². The first-order chi connectivity index (χ1) is 19.2. The number of fused-ring (bicyclic) bond motifs is 5. The lowest BCUT2D eigenvalue weighted by Gasteiger charge is -2.12. The minimum atomic E-state index is 0.870. The standard InChI is InChI=1S/C35H28N4/c1-3-4-18-29-24(2)38(27-15-6-5-7-16-27)35(37-29)26-14-12-13-25(22-26)34-28-17-8-10-20-31(28)39-32-21-11-9-19-30(32)36-23-33(34)39/h3,5-17,19-23H,1,4,18H2,2H3. The van der Waals surface area contributed by atoms with E-state index >= 15 is 0 Å². The van der Waals surface area contributed by atoms with Crippen LogP contribution in [0.25, 0.3) is 55.7 Å². The van der Waals surface area contributed by atoms with Crippen LogP contribution in [0.5, 0.6) is 0 Å². The molecule has 4 nitrogen and oxygen atoms in total. The van der Waals surface area contributed by atoms with E-state index in [1.54, 1.807) is 0 Å². The van der Waals surface area contributed by atoms with Gasteiger partial charge in [-0.3, -0.25) is 9.55 Å². The summed E-state index contributed by atoms with van der Waals surface area (Å²) >= 11 is 0. The van der Waals surface area contributed by atoms with Crippen LogP contribution in [0.4, 0.5) is 0 Å². The van der Waals surface area contributed by atoms with Gasteiger partial charge in [0.1, 0.15) is 5.82 Å². The number of hydrogen-bond donors (Lipinski definition) is 0. The molecule has 0 aliphatic carbocycles. The summed E-state index contributed by atoms with van der Waals surface area (Å²) in [6, 6.07) is 36.2. The monoisotopic (exact) mass is 504 g/mol. The van der Waals surface area contributed by atoms with Crippen molar-refractivity contribution in [2.45, 2.75) is 19.8 Å². The highest BCUT2D eigenvalue weighted by Crippen LogP contribution is 2.38. The van der Waals surface area contributed by atoms with Crippen LogP contribution in [0.15, 0.2) is 122 Å². The molecule has 0 aliphatic rings. The summed E-state index contributed by atoms with van der Waals surface area (Å²) in [6.45, 7) is 6.08. The summed E-state index contributed by atoms with van der Waals surface area (Å²) in [4.78, 5) is 10.0. The first kappa shape index (κ1) is 23.2. The van der Waals surface area contributed by atoms with Crippen LogP contribution in [0.1, 0.15) is 17.8 Å². The van der Waals surface area contributed by atoms with E-state index in [1.807, 2.05) is 18.3 Å². The molecular formula is C35H28N4. The van der Waals surface area contributed by atoms with Gasteiger partial charge in [-0.25, -0.2) is 4.98 Å². The number of para-hydroxylation sites is 4. The van der Waals surface area contributed by atoms with Crippen LogP contribution in [0.2, 0.25) is 0 Å². The molecule has 0 saturated heterocycles. The van der Waals surface area contributed by atoms with Crippen molar-refractivity contribution in [3.8, 4) is 28.2 Å². The Morgan fingerprint density at radius 1 is 0.769 bits per heavy atom. The van der Waals surface area contributed by atoms with E-state index in [9.17, 15) is 0 Å². The molecule has 0 saturated carbocycles. The Morgan fingerprint density at radius 2 is 1.51 bits per heavy atom. The largest absolute Gasteiger partial charge is 0.306 e. The molecule has 0 amide bonds. The predicted molar refractivity (Wildman–Crippen MR) is 161 cm³/mol. The molecule has 0 unspecified atom stereocenters. The van der Waals surface area contributed by atoms with E-state index in [1.165, 1.54) is 22.2 Å². The maximum Gasteiger partial charge on any atom is 0.145 e. The molecule has 4 heteroatoms. The number of allylic oxidation sites excluding steroid dienone is 1. The Bertz CT molecular complexity index is 1990. The molecule has 3 aromatic heterocycles. The lowest BCUT2D eigenvalue weighted by Crippen LogP contribution is -2.00. The summed E-state index contributed by atoms with van der Waals surface area (Å²) in [7, 11) is 0. The topological polar surface area (TPSA) is 35.1 Å². The second kappa shape index (κ2) is 9.41. The van der Waals surface area contributed by atoms with Crippen molar-refractivity contribution >= 4 is 27.5 Å². The zero-order valence-electron chi connectivity index (χ0n) is 21.9. The molecule has 7 aromatic rings. The molecule has 188 valence electrons. The Balaban J connectivity index is 1.47. The molecule has 3 heterocycles. The van der Waals surface area contributed by atoms with Crippen LogP contribution in [-0.4, -0.2) is 18.9 Å². The second-order valence-electron chi connectivity index (χ2n) is 9.91. The number of imidazole rings is 1. The van der Waals surface area contributed by atoms with Crippen molar-refractivity contribution < 1.29 is 0 Å². The van der Waals surface area contributed by atoms with Crippen LogP contribution in [-0.2, 0) is 6.42 Å². The molecule has 39 heavy (non-hydrogen) atoms.